The van der Waals surface area contributed by atoms with Crippen LogP contribution in [-0.2, 0) is 36.9 Å². The molecule has 1 aliphatic rings. The maximum Gasteiger partial charge on any atom is 0.335 e. The number of carboxylic acids is 4. The molecule has 204 valence electrons. The van der Waals surface area contributed by atoms with E-state index < -0.39 is 48.3 Å². The predicted molar refractivity (Wildman–Crippen MR) is 121 cm³/mol. The summed E-state index contributed by atoms with van der Waals surface area (Å²) in [5.41, 5.74) is 2.49. The molecule has 14 nitrogen and oxygen atoms in total. The van der Waals surface area contributed by atoms with Gasteiger partial charge in [-0.05, 0) is 36.5 Å². The van der Waals surface area contributed by atoms with Crippen LogP contribution in [0.4, 0.5) is 0 Å². The summed E-state index contributed by atoms with van der Waals surface area (Å²) < 4.78 is 5.08. The normalized spacial score (nSPS) is 15.6. The minimum Gasteiger partial charge on any atom is -0.479 e. The number of carbonyl (C=O) groups is 4. The summed E-state index contributed by atoms with van der Waals surface area (Å²) in [6.45, 7) is 1.64. The molecular formula is C21H30ClNO13. The molecule has 9 N–H and O–H groups in total. The largest absolute Gasteiger partial charge is 0.479 e. The Morgan fingerprint density at radius 1 is 0.889 bits per heavy atom. The summed E-state index contributed by atoms with van der Waals surface area (Å²) in [7, 11) is 1.73. The summed E-state index contributed by atoms with van der Waals surface area (Å²) in [5.74, 6) is -7.07. The molecule has 0 unspecified atom stereocenters. The van der Waals surface area contributed by atoms with Crippen LogP contribution in [-0.4, -0.2) is 109 Å². The summed E-state index contributed by atoms with van der Waals surface area (Å²) in [4.78, 5) is 39.1. The van der Waals surface area contributed by atoms with Crippen molar-refractivity contribution in [2.24, 2.45) is 0 Å². The molecule has 0 heterocycles. The standard InChI is InChI=1S/C13H18ClNO.2C4H6O6/c1-16-7-6-10-2-5-13(14)11(8-10)9-15-12-3-4-12;2*5-1(3(7)8)2(6)4(9)10/h2,5,8,12,15H,3-4,6-7,9H2,1H3;2*1-2,5-6H,(H,7,8)(H,9,10)/t;2*1-,2-/m.00/s1. The highest BCUT2D eigenvalue weighted by Crippen LogP contribution is 2.22. The van der Waals surface area contributed by atoms with Crippen molar-refractivity contribution in [3.8, 4) is 0 Å². The Balaban J connectivity index is 0.000000540. The van der Waals surface area contributed by atoms with Crippen LogP contribution in [0.25, 0.3) is 0 Å². The Bertz CT molecular complexity index is 805. The molecular weight excluding hydrogens is 510 g/mol. The van der Waals surface area contributed by atoms with Gasteiger partial charge in [0, 0.05) is 24.7 Å². The maximum absolute atomic E-state index is 9.77. The van der Waals surface area contributed by atoms with Crippen molar-refractivity contribution in [3.63, 3.8) is 0 Å². The molecule has 0 aromatic heterocycles. The van der Waals surface area contributed by atoms with E-state index in [1.54, 1.807) is 7.11 Å². The Morgan fingerprint density at radius 3 is 1.64 bits per heavy atom. The molecule has 1 fully saturated rings. The molecule has 1 aromatic carbocycles. The molecule has 0 saturated heterocycles. The average molecular weight is 540 g/mol. The number of halogens is 1. The van der Waals surface area contributed by atoms with E-state index in [2.05, 4.69) is 17.4 Å². The van der Waals surface area contributed by atoms with Crippen molar-refractivity contribution in [1.29, 1.82) is 0 Å². The first-order valence-corrected chi connectivity index (χ1v) is 10.7. The first-order chi connectivity index (χ1) is 16.7. The molecule has 36 heavy (non-hydrogen) atoms. The smallest absolute Gasteiger partial charge is 0.335 e. The van der Waals surface area contributed by atoms with Gasteiger partial charge in [0.15, 0.2) is 24.4 Å². The van der Waals surface area contributed by atoms with Crippen LogP contribution >= 0.6 is 11.6 Å². The second kappa shape index (κ2) is 16.8. The zero-order valence-electron chi connectivity index (χ0n) is 19.2. The highest BCUT2D eigenvalue weighted by Gasteiger charge is 2.30. The summed E-state index contributed by atoms with van der Waals surface area (Å²) >= 11 is 6.16. The first kappa shape index (κ1) is 33.1. The second-order valence-electron chi connectivity index (χ2n) is 7.46. The molecule has 15 heteroatoms. The summed E-state index contributed by atoms with van der Waals surface area (Å²) in [6, 6.07) is 6.95. The molecule has 1 aromatic rings. The Hall–Kier alpha value is -2.85. The number of aliphatic hydroxyl groups excluding tert-OH is 4. The van der Waals surface area contributed by atoms with Gasteiger partial charge in [-0.3, -0.25) is 0 Å². The number of methoxy groups -OCH3 is 1. The zero-order valence-corrected chi connectivity index (χ0v) is 19.9. The third-order valence-electron chi connectivity index (χ3n) is 4.47. The van der Waals surface area contributed by atoms with E-state index in [1.807, 2.05) is 6.07 Å². The van der Waals surface area contributed by atoms with Crippen LogP contribution < -0.4 is 5.32 Å². The van der Waals surface area contributed by atoms with Crippen molar-refractivity contribution in [1.82, 2.24) is 5.32 Å². The van der Waals surface area contributed by atoms with Crippen LogP contribution in [0.1, 0.15) is 24.0 Å². The van der Waals surface area contributed by atoms with E-state index in [-0.39, 0.29) is 0 Å². The molecule has 0 spiro atoms. The van der Waals surface area contributed by atoms with Gasteiger partial charge < -0.3 is 50.9 Å². The molecule has 1 saturated carbocycles. The van der Waals surface area contributed by atoms with Gasteiger partial charge in [0.2, 0.25) is 0 Å². The molecule has 0 aliphatic heterocycles. The van der Waals surface area contributed by atoms with Gasteiger partial charge in [-0.25, -0.2) is 19.2 Å². The lowest BCUT2D eigenvalue weighted by Crippen LogP contribution is -2.39. The Labute approximate surface area is 210 Å². The number of nitrogens with one attached hydrogen (secondary N) is 1. The lowest BCUT2D eigenvalue weighted by molar-refractivity contribution is -0.165. The molecule has 4 atom stereocenters. The number of carboxylic acid groups (broad SMARTS) is 4. The number of hydrogen-bond donors (Lipinski definition) is 9. The maximum atomic E-state index is 9.77. The monoisotopic (exact) mass is 539 g/mol. The van der Waals surface area contributed by atoms with Gasteiger partial charge >= 0.3 is 23.9 Å². The SMILES string of the molecule is COCCc1ccc(Cl)c(CNC2CC2)c1.O=C(O)[C@@H](O)[C@H](O)C(=O)O.O=C(O)[C@@H](O)[C@H](O)C(=O)O. The van der Waals surface area contributed by atoms with Crippen LogP contribution in [0.2, 0.25) is 5.02 Å². The molecule has 1 aliphatic carbocycles. The van der Waals surface area contributed by atoms with Gasteiger partial charge in [0.25, 0.3) is 0 Å². The van der Waals surface area contributed by atoms with Crippen LogP contribution in [0, 0.1) is 0 Å². The third-order valence-corrected chi connectivity index (χ3v) is 4.84. The van der Waals surface area contributed by atoms with Gasteiger partial charge in [0.05, 0.1) is 6.61 Å². The fourth-order valence-corrected chi connectivity index (χ4v) is 2.41. The summed E-state index contributed by atoms with van der Waals surface area (Å²) in [6.07, 6.45) is -5.50. The lowest BCUT2D eigenvalue weighted by atomic mass is 10.1. The minimum atomic E-state index is -2.27. The van der Waals surface area contributed by atoms with Crippen LogP contribution in [0.3, 0.4) is 0 Å². The number of ether oxygens (including phenoxy) is 1. The highest BCUT2D eigenvalue weighted by atomic mass is 35.5. The quantitative estimate of drug-likeness (QED) is 0.147. The molecule has 2 rings (SSSR count). The van der Waals surface area contributed by atoms with Crippen molar-refractivity contribution in [3.05, 3.63) is 34.3 Å². The second-order valence-corrected chi connectivity index (χ2v) is 7.86. The Morgan fingerprint density at radius 2 is 1.31 bits per heavy atom. The average Bonchev–Trinajstić information content (AvgIpc) is 3.65. The van der Waals surface area contributed by atoms with Gasteiger partial charge in [0.1, 0.15) is 0 Å². The van der Waals surface area contributed by atoms with Crippen molar-refractivity contribution < 1.29 is 64.8 Å². The van der Waals surface area contributed by atoms with Crippen LogP contribution in [0.5, 0.6) is 0 Å². The number of aliphatic hydroxyl groups is 4. The predicted octanol–water partition coefficient (Wildman–Crippen LogP) is -1.46. The summed E-state index contributed by atoms with van der Waals surface area (Å²) in [5, 5.41) is 69.4. The van der Waals surface area contributed by atoms with Crippen molar-refractivity contribution in [2.75, 3.05) is 13.7 Å². The minimum absolute atomic E-state index is 0.721. The topological polar surface area (TPSA) is 251 Å². The van der Waals surface area contributed by atoms with Gasteiger partial charge in [-0.15, -0.1) is 0 Å². The van der Waals surface area contributed by atoms with E-state index >= 15 is 0 Å². The first-order valence-electron chi connectivity index (χ1n) is 10.4. The highest BCUT2D eigenvalue weighted by molar-refractivity contribution is 6.31. The fourth-order valence-electron chi connectivity index (χ4n) is 2.22. The third kappa shape index (κ3) is 13.3. The van der Waals surface area contributed by atoms with E-state index in [9.17, 15) is 19.2 Å². The van der Waals surface area contributed by atoms with Crippen LogP contribution in [0.15, 0.2) is 18.2 Å². The van der Waals surface area contributed by atoms with Gasteiger partial charge in [-0.2, -0.15) is 0 Å². The number of benzene rings is 1. The zero-order chi connectivity index (χ0) is 28.0. The number of rotatable bonds is 12. The van der Waals surface area contributed by atoms with E-state index in [4.69, 9.17) is 57.2 Å². The molecule has 0 bridgehead atoms. The van der Waals surface area contributed by atoms with E-state index in [0.717, 1.165) is 30.6 Å². The van der Waals surface area contributed by atoms with Crippen molar-refractivity contribution in [2.45, 2.75) is 56.3 Å². The number of aliphatic carboxylic acids is 4. The van der Waals surface area contributed by atoms with Crippen molar-refractivity contribution >= 4 is 35.5 Å². The van der Waals surface area contributed by atoms with Gasteiger partial charge in [-0.1, -0.05) is 23.7 Å². The lowest BCUT2D eigenvalue weighted by Gasteiger charge is -2.08. The van der Waals surface area contributed by atoms with E-state index in [0.29, 0.717) is 0 Å². The van der Waals surface area contributed by atoms with E-state index in [1.165, 1.54) is 24.0 Å². The fraction of sp³-hybridized carbons (Fsp3) is 0.524. The molecule has 0 radical (unpaired) electrons. The Kier molecular flexibility index (Phi) is 15.4. The number of hydrogen-bond acceptors (Lipinski definition) is 10. The molecule has 0 amide bonds.